The van der Waals surface area contributed by atoms with Crippen molar-refractivity contribution in [3.05, 3.63) is 16.7 Å². The molecular weight excluding hydrogens is 306 g/mol. The molecule has 0 spiro atoms. The zero-order valence-electron chi connectivity index (χ0n) is 12.5. The minimum absolute atomic E-state index is 0.0486. The van der Waals surface area contributed by atoms with Crippen LogP contribution in [0.25, 0.3) is 11.2 Å². The molecule has 5 N–H and O–H groups in total. The number of hydrogen-bond acceptors (Lipinski definition) is 8. The molecule has 0 aliphatic carbocycles. The van der Waals surface area contributed by atoms with Gasteiger partial charge in [-0.1, -0.05) is 6.92 Å². The van der Waals surface area contributed by atoms with Crippen LogP contribution in [0.15, 0.2) is 11.1 Å². The molecule has 126 valence electrons. The summed E-state index contributed by atoms with van der Waals surface area (Å²) in [6.45, 7) is 2.00. The van der Waals surface area contributed by atoms with E-state index in [1.54, 1.807) is 0 Å². The topological polar surface area (TPSA) is 149 Å². The first-order chi connectivity index (χ1) is 11.1. The number of H-pyrrole nitrogens is 1. The number of nitrogens with zero attached hydrogens (tertiary/aromatic N) is 3. The Labute approximate surface area is 130 Å². The van der Waals surface area contributed by atoms with E-state index >= 15 is 0 Å². The third-order valence-electron chi connectivity index (χ3n) is 3.73. The molecule has 10 heteroatoms. The summed E-state index contributed by atoms with van der Waals surface area (Å²) in [5, 5.41) is 19.6. The van der Waals surface area contributed by atoms with Gasteiger partial charge in [-0.3, -0.25) is 14.3 Å². The van der Waals surface area contributed by atoms with Crippen molar-refractivity contribution in [1.29, 1.82) is 0 Å². The van der Waals surface area contributed by atoms with Crippen molar-refractivity contribution < 1.29 is 19.7 Å². The lowest BCUT2D eigenvalue weighted by Crippen LogP contribution is -2.35. The van der Waals surface area contributed by atoms with Gasteiger partial charge in [0.2, 0.25) is 5.95 Å². The molecule has 0 amide bonds. The Bertz CT molecular complexity index is 744. The molecule has 2 unspecified atom stereocenters. The zero-order chi connectivity index (χ0) is 16.6. The molecule has 23 heavy (non-hydrogen) atoms. The normalized spacial score (nSPS) is 27.8. The van der Waals surface area contributed by atoms with E-state index in [0.29, 0.717) is 6.61 Å². The number of fused-ring (bicyclic) bond motifs is 1. The van der Waals surface area contributed by atoms with Crippen LogP contribution in [0.1, 0.15) is 19.6 Å². The van der Waals surface area contributed by atoms with Gasteiger partial charge in [0.05, 0.1) is 12.9 Å². The number of aliphatic hydroxyl groups is 2. The maximum Gasteiger partial charge on any atom is 0.280 e. The van der Waals surface area contributed by atoms with Crippen molar-refractivity contribution in [2.24, 2.45) is 0 Å². The van der Waals surface area contributed by atoms with Gasteiger partial charge in [-0.25, -0.2) is 4.98 Å². The number of aromatic nitrogens is 4. The second-order valence-electron chi connectivity index (χ2n) is 5.35. The van der Waals surface area contributed by atoms with E-state index in [-0.39, 0.29) is 23.7 Å². The van der Waals surface area contributed by atoms with E-state index in [9.17, 15) is 15.0 Å². The van der Waals surface area contributed by atoms with E-state index in [4.69, 9.17) is 15.2 Å². The summed E-state index contributed by atoms with van der Waals surface area (Å²) in [7, 11) is 0. The molecule has 1 aliphatic rings. The Morgan fingerprint density at radius 3 is 3.04 bits per heavy atom. The van der Waals surface area contributed by atoms with Gasteiger partial charge in [0.1, 0.15) is 18.3 Å². The van der Waals surface area contributed by atoms with Crippen molar-refractivity contribution in [3.8, 4) is 0 Å². The van der Waals surface area contributed by atoms with Crippen molar-refractivity contribution in [2.75, 3.05) is 18.9 Å². The van der Waals surface area contributed by atoms with E-state index in [1.165, 1.54) is 10.9 Å². The number of nitrogens with two attached hydrogens (primary N) is 1. The molecule has 3 rings (SSSR count). The number of nitrogen functional groups attached to an aromatic ring is 1. The molecule has 1 saturated heterocycles. The number of rotatable bonds is 5. The lowest BCUT2D eigenvalue weighted by atomic mass is 10.1. The second-order valence-corrected chi connectivity index (χ2v) is 5.35. The van der Waals surface area contributed by atoms with E-state index in [0.717, 1.165) is 6.42 Å². The number of aliphatic hydroxyl groups excluding tert-OH is 2. The van der Waals surface area contributed by atoms with E-state index in [1.807, 2.05) is 6.92 Å². The highest BCUT2D eigenvalue weighted by Crippen LogP contribution is 2.33. The first-order valence-electron chi connectivity index (χ1n) is 7.35. The average molecular weight is 325 g/mol. The number of nitrogens with one attached hydrogen (secondary N) is 1. The predicted octanol–water partition coefficient (Wildman–Crippen LogP) is -1.25. The lowest BCUT2D eigenvalue weighted by Gasteiger charge is -2.21. The first kappa shape index (κ1) is 15.9. The summed E-state index contributed by atoms with van der Waals surface area (Å²) in [4.78, 5) is 22.3. The Balaban J connectivity index is 2.03. The SMILES string of the molecule is CCCOC1C(O)[C@@H](CO)O[C@H]1n1cnc2c(=O)[nH]c(N)nc21. The van der Waals surface area contributed by atoms with Crippen LogP contribution in [0.3, 0.4) is 0 Å². The van der Waals surface area contributed by atoms with Crippen molar-refractivity contribution >= 4 is 17.1 Å². The molecule has 0 bridgehead atoms. The third kappa shape index (κ3) is 2.70. The molecule has 1 fully saturated rings. The number of ether oxygens (including phenoxy) is 2. The van der Waals surface area contributed by atoms with Gasteiger partial charge in [-0.2, -0.15) is 4.98 Å². The summed E-state index contributed by atoms with van der Waals surface area (Å²) < 4.78 is 12.8. The molecule has 1 aliphatic heterocycles. The fraction of sp³-hybridized carbons (Fsp3) is 0.615. The monoisotopic (exact) mass is 325 g/mol. The Kier molecular flexibility index (Phi) is 4.31. The fourth-order valence-corrected chi connectivity index (χ4v) is 2.66. The summed E-state index contributed by atoms with van der Waals surface area (Å²) in [5.41, 5.74) is 5.45. The summed E-state index contributed by atoms with van der Waals surface area (Å²) in [6, 6.07) is 0. The zero-order valence-corrected chi connectivity index (χ0v) is 12.5. The Morgan fingerprint density at radius 2 is 2.35 bits per heavy atom. The van der Waals surface area contributed by atoms with Crippen LogP contribution in [-0.4, -0.2) is 61.3 Å². The van der Waals surface area contributed by atoms with Crippen LogP contribution < -0.4 is 11.3 Å². The van der Waals surface area contributed by atoms with Crippen LogP contribution in [-0.2, 0) is 9.47 Å². The van der Waals surface area contributed by atoms with Gasteiger partial charge in [0.15, 0.2) is 17.4 Å². The lowest BCUT2D eigenvalue weighted by molar-refractivity contribution is -0.0703. The minimum Gasteiger partial charge on any atom is -0.394 e. The van der Waals surface area contributed by atoms with Gasteiger partial charge in [0, 0.05) is 6.61 Å². The molecular formula is C13H19N5O5. The quantitative estimate of drug-likeness (QED) is 0.532. The number of imidazole rings is 1. The molecule has 3 heterocycles. The average Bonchev–Trinajstić information content (AvgIpc) is 3.06. The van der Waals surface area contributed by atoms with Gasteiger partial charge >= 0.3 is 0 Å². The smallest absolute Gasteiger partial charge is 0.280 e. The van der Waals surface area contributed by atoms with Crippen LogP contribution in [0, 0.1) is 0 Å². The molecule has 2 aromatic heterocycles. The Hall–Kier alpha value is -2.01. The van der Waals surface area contributed by atoms with Gasteiger partial charge in [0.25, 0.3) is 5.56 Å². The van der Waals surface area contributed by atoms with E-state index < -0.39 is 30.1 Å². The van der Waals surface area contributed by atoms with Crippen LogP contribution in [0.5, 0.6) is 0 Å². The van der Waals surface area contributed by atoms with Crippen molar-refractivity contribution in [1.82, 2.24) is 19.5 Å². The highest BCUT2D eigenvalue weighted by Gasteiger charge is 2.45. The molecule has 0 saturated carbocycles. The highest BCUT2D eigenvalue weighted by atomic mass is 16.6. The molecule has 0 aromatic carbocycles. The summed E-state index contributed by atoms with van der Waals surface area (Å²) >= 11 is 0. The van der Waals surface area contributed by atoms with Gasteiger partial charge < -0.3 is 25.4 Å². The summed E-state index contributed by atoms with van der Waals surface area (Å²) in [5.74, 6) is -0.0486. The van der Waals surface area contributed by atoms with Crippen molar-refractivity contribution in [2.45, 2.75) is 37.9 Å². The van der Waals surface area contributed by atoms with E-state index in [2.05, 4.69) is 15.0 Å². The maximum atomic E-state index is 11.9. The van der Waals surface area contributed by atoms with Crippen molar-refractivity contribution in [3.63, 3.8) is 0 Å². The molecule has 4 atom stereocenters. The highest BCUT2D eigenvalue weighted by molar-refractivity contribution is 5.70. The summed E-state index contributed by atoms with van der Waals surface area (Å²) in [6.07, 6.45) is -1.15. The number of aromatic amines is 1. The largest absolute Gasteiger partial charge is 0.394 e. The van der Waals surface area contributed by atoms with Gasteiger partial charge in [-0.15, -0.1) is 0 Å². The third-order valence-corrected chi connectivity index (χ3v) is 3.73. The van der Waals surface area contributed by atoms with Crippen LogP contribution >= 0.6 is 0 Å². The molecule has 2 aromatic rings. The predicted molar refractivity (Wildman–Crippen MR) is 79.6 cm³/mol. The molecule has 10 nitrogen and oxygen atoms in total. The second kappa shape index (κ2) is 6.24. The van der Waals surface area contributed by atoms with Gasteiger partial charge in [-0.05, 0) is 6.42 Å². The van der Waals surface area contributed by atoms with Crippen LogP contribution in [0.4, 0.5) is 5.95 Å². The Morgan fingerprint density at radius 1 is 1.57 bits per heavy atom. The van der Waals surface area contributed by atoms with Crippen LogP contribution in [0.2, 0.25) is 0 Å². The standard InChI is InChI=1S/C13H19N5O5/c1-2-3-22-9-8(20)6(4-19)23-12(9)18-5-15-7-10(18)16-13(14)17-11(7)21/h5-6,8-9,12,19-20H,2-4H2,1H3,(H3,14,16,17,21)/t6-,8?,9?,12-/m1/s1. The molecule has 0 radical (unpaired) electrons. The fourth-order valence-electron chi connectivity index (χ4n) is 2.66. The first-order valence-corrected chi connectivity index (χ1v) is 7.35. The number of hydrogen-bond donors (Lipinski definition) is 4. The maximum absolute atomic E-state index is 11.9. The minimum atomic E-state index is -1.01. The number of anilines is 1.